The molecule has 0 N–H and O–H groups in total. The summed E-state index contributed by atoms with van der Waals surface area (Å²) >= 11 is 0. The molecular weight excluding hydrogens is 126 g/mol. The summed E-state index contributed by atoms with van der Waals surface area (Å²) in [5.41, 5.74) is -0.144. The lowest BCUT2D eigenvalue weighted by Crippen LogP contribution is -2.26. The van der Waals surface area contributed by atoms with Crippen LogP contribution in [0, 0.1) is 5.92 Å². The molecule has 58 valence electrons. The summed E-state index contributed by atoms with van der Waals surface area (Å²) in [4.78, 5) is 4.24. The highest BCUT2D eigenvalue weighted by molar-refractivity contribution is 5.69. The summed E-state index contributed by atoms with van der Waals surface area (Å²) in [5.74, 6) is 0.484. The molecule has 0 saturated carbocycles. The number of aliphatic imine (C=N–C) groups is 1. The molecule has 0 aromatic heterocycles. The van der Waals surface area contributed by atoms with Crippen molar-refractivity contribution in [3.05, 3.63) is 0 Å². The minimum absolute atomic E-state index is 0.0787. The van der Waals surface area contributed by atoms with E-state index in [9.17, 15) is 0 Å². The molecule has 1 heterocycles. The maximum absolute atomic E-state index is 5.59. The summed E-state index contributed by atoms with van der Waals surface area (Å²) < 4.78 is 5.59. The van der Waals surface area contributed by atoms with Gasteiger partial charge in [-0.15, -0.1) is 0 Å². The van der Waals surface area contributed by atoms with Crippen molar-refractivity contribution in [3.63, 3.8) is 0 Å². The van der Waals surface area contributed by atoms with Crippen LogP contribution in [0.5, 0.6) is 0 Å². The topological polar surface area (TPSA) is 21.6 Å². The Morgan fingerprint density at radius 3 is 2.30 bits per heavy atom. The molecule has 2 nitrogen and oxygen atoms in total. The van der Waals surface area contributed by atoms with Crippen molar-refractivity contribution in [2.75, 3.05) is 0 Å². The zero-order valence-electron chi connectivity index (χ0n) is 7.09. The number of rotatable bonds is 1. The number of hydrogen-bond donors (Lipinski definition) is 0. The first-order valence-electron chi connectivity index (χ1n) is 3.73. The molecule has 0 aromatic carbocycles. The van der Waals surface area contributed by atoms with E-state index in [1.807, 2.05) is 20.1 Å². The van der Waals surface area contributed by atoms with Gasteiger partial charge in [0.25, 0.3) is 0 Å². The predicted octanol–water partition coefficient (Wildman–Crippen LogP) is 1.85. The summed E-state index contributed by atoms with van der Waals surface area (Å²) in [7, 11) is 0. The number of hydrogen-bond acceptors (Lipinski definition) is 2. The van der Waals surface area contributed by atoms with Crippen molar-refractivity contribution in [1.29, 1.82) is 0 Å². The summed E-state index contributed by atoms with van der Waals surface area (Å²) in [6, 6.07) is 0. The quantitative estimate of drug-likeness (QED) is 0.546. The third kappa shape index (κ3) is 1.57. The van der Waals surface area contributed by atoms with Gasteiger partial charge in [-0.3, -0.25) is 4.99 Å². The fourth-order valence-corrected chi connectivity index (χ4v) is 0.933. The van der Waals surface area contributed by atoms with Crippen LogP contribution in [0.25, 0.3) is 0 Å². The largest absolute Gasteiger partial charge is 0.345 e. The Balaban J connectivity index is 2.54. The van der Waals surface area contributed by atoms with Gasteiger partial charge in [-0.2, -0.15) is 0 Å². The van der Waals surface area contributed by atoms with Crippen LogP contribution in [-0.2, 0) is 4.74 Å². The molecule has 0 amide bonds. The first-order valence-corrected chi connectivity index (χ1v) is 3.73. The molecule has 0 aliphatic carbocycles. The van der Waals surface area contributed by atoms with Crippen molar-refractivity contribution >= 4 is 6.21 Å². The SMILES string of the molecule is CC(C)C1N=CC(C)(C)O1. The highest BCUT2D eigenvalue weighted by atomic mass is 16.5. The average molecular weight is 141 g/mol. The Kier molecular flexibility index (Phi) is 1.82. The van der Waals surface area contributed by atoms with E-state index in [-0.39, 0.29) is 11.8 Å². The van der Waals surface area contributed by atoms with Crippen LogP contribution in [0.3, 0.4) is 0 Å². The van der Waals surface area contributed by atoms with Gasteiger partial charge in [-0.05, 0) is 19.8 Å². The lowest BCUT2D eigenvalue weighted by molar-refractivity contribution is -0.0232. The van der Waals surface area contributed by atoms with Crippen molar-refractivity contribution in [2.45, 2.75) is 39.5 Å². The average Bonchev–Trinajstić information content (AvgIpc) is 2.10. The van der Waals surface area contributed by atoms with Crippen LogP contribution >= 0.6 is 0 Å². The van der Waals surface area contributed by atoms with Crippen LogP contribution in [0.15, 0.2) is 4.99 Å². The highest BCUT2D eigenvalue weighted by Crippen LogP contribution is 2.22. The lowest BCUT2D eigenvalue weighted by Gasteiger charge is -2.19. The van der Waals surface area contributed by atoms with E-state index in [0.717, 1.165) is 0 Å². The van der Waals surface area contributed by atoms with Crippen molar-refractivity contribution in [3.8, 4) is 0 Å². The van der Waals surface area contributed by atoms with E-state index in [2.05, 4.69) is 18.8 Å². The third-order valence-corrected chi connectivity index (χ3v) is 1.53. The molecule has 0 radical (unpaired) electrons. The fraction of sp³-hybridized carbons (Fsp3) is 0.875. The Labute approximate surface area is 62.3 Å². The zero-order valence-corrected chi connectivity index (χ0v) is 7.09. The maximum Gasteiger partial charge on any atom is 0.151 e. The standard InChI is InChI=1S/C8H15NO/c1-6(2)7-9-5-8(3,4)10-7/h5-7H,1-4H3. The van der Waals surface area contributed by atoms with Crippen LogP contribution in [-0.4, -0.2) is 18.0 Å². The summed E-state index contributed by atoms with van der Waals surface area (Å²) in [5, 5.41) is 0. The molecule has 1 aliphatic heterocycles. The highest BCUT2D eigenvalue weighted by Gasteiger charge is 2.28. The van der Waals surface area contributed by atoms with E-state index in [0.29, 0.717) is 5.92 Å². The number of nitrogens with zero attached hydrogens (tertiary/aromatic N) is 1. The maximum atomic E-state index is 5.59. The van der Waals surface area contributed by atoms with Gasteiger partial charge in [0, 0.05) is 6.21 Å². The molecule has 1 atom stereocenters. The lowest BCUT2D eigenvalue weighted by atomic mass is 10.2. The molecule has 1 aliphatic rings. The molecule has 0 bridgehead atoms. The van der Waals surface area contributed by atoms with Crippen molar-refractivity contribution in [2.24, 2.45) is 10.9 Å². The molecule has 0 fully saturated rings. The minimum atomic E-state index is -0.144. The molecule has 0 saturated heterocycles. The Bertz CT molecular complexity index is 149. The Morgan fingerprint density at radius 2 is 2.10 bits per heavy atom. The Morgan fingerprint density at radius 1 is 1.50 bits per heavy atom. The van der Waals surface area contributed by atoms with E-state index >= 15 is 0 Å². The van der Waals surface area contributed by atoms with Gasteiger partial charge in [0.15, 0.2) is 6.23 Å². The molecule has 0 spiro atoms. The summed E-state index contributed by atoms with van der Waals surface area (Å²) in [6.07, 6.45) is 1.97. The number of ether oxygens (including phenoxy) is 1. The second kappa shape index (κ2) is 2.35. The van der Waals surface area contributed by atoms with E-state index in [4.69, 9.17) is 4.74 Å². The first kappa shape index (κ1) is 7.73. The first-order chi connectivity index (χ1) is 4.51. The molecule has 1 rings (SSSR count). The van der Waals surface area contributed by atoms with Crippen molar-refractivity contribution in [1.82, 2.24) is 0 Å². The van der Waals surface area contributed by atoms with Gasteiger partial charge in [0.2, 0.25) is 0 Å². The van der Waals surface area contributed by atoms with Crippen LogP contribution in [0.4, 0.5) is 0 Å². The van der Waals surface area contributed by atoms with Gasteiger partial charge in [0.1, 0.15) is 0 Å². The predicted molar refractivity (Wildman–Crippen MR) is 42.3 cm³/mol. The van der Waals surface area contributed by atoms with Gasteiger partial charge in [-0.25, -0.2) is 0 Å². The normalized spacial score (nSPS) is 29.9. The molecule has 2 heteroatoms. The second-order valence-corrected chi connectivity index (χ2v) is 3.63. The summed E-state index contributed by atoms with van der Waals surface area (Å²) in [6.45, 7) is 8.28. The molecular formula is C8H15NO. The zero-order chi connectivity index (χ0) is 7.78. The van der Waals surface area contributed by atoms with Gasteiger partial charge in [0.05, 0.1) is 5.60 Å². The molecule has 0 aromatic rings. The van der Waals surface area contributed by atoms with Gasteiger partial charge < -0.3 is 4.74 Å². The van der Waals surface area contributed by atoms with Crippen LogP contribution in [0.2, 0.25) is 0 Å². The fourth-order valence-electron chi connectivity index (χ4n) is 0.933. The molecule has 1 unspecified atom stereocenters. The Hall–Kier alpha value is -0.370. The third-order valence-electron chi connectivity index (χ3n) is 1.53. The van der Waals surface area contributed by atoms with E-state index in [1.165, 1.54) is 0 Å². The van der Waals surface area contributed by atoms with Gasteiger partial charge >= 0.3 is 0 Å². The monoisotopic (exact) mass is 141 g/mol. The van der Waals surface area contributed by atoms with E-state index in [1.54, 1.807) is 0 Å². The van der Waals surface area contributed by atoms with Crippen LogP contribution < -0.4 is 0 Å². The second-order valence-electron chi connectivity index (χ2n) is 3.63. The van der Waals surface area contributed by atoms with Crippen molar-refractivity contribution < 1.29 is 4.74 Å². The molecule has 10 heavy (non-hydrogen) atoms. The smallest absolute Gasteiger partial charge is 0.151 e. The van der Waals surface area contributed by atoms with Gasteiger partial charge in [-0.1, -0.05) is 13.8 Å². The van der Waals surface area contributed by atoms with E-state index < -0.39 is 0 Å². The minimum Gasteiger partial charge on any atom is -0.345 e. The van der Waals surface area contributed by atoms with Crippen LogP contribution in [0.1, 0.15) is 27.7 Å².